The highest BCUT2D eigenvalue weighted by Crippen LogP contribution is 2.35. The summed E-state index contributed by atoms with van der Waals surface area (Å²) in [5, 5.41) is 3.29. The molecule has 2 N–H and O–H groups in total. The van der Waals surface area contributed by atoms with Crippen molar-refractivity contribution in [2.75, 3.05) is 5.32 Å². The maximum Gasteiger partial charge on any atom is 0.427 e. The number of anilines is 1. The molecule has 8 heteroatoms. The van der Waals surface area contributed by atoms with E-state index in [1.165, 1.54) is 0 Å². The second kappa shape index (κ2) is 5.69. The molecule has 4 nitrogen and oxygen atoms in total. The van der Waals surface area contributed by atoms with E-state index in [-0.39, 0.29) is 11.6 Å². The first-order valence-electron chi connectivity index (χ1n) is 6.73. The van der Waals surface area contributed by atoms with Crippen LogP contribution in [0.2, 0.25) is 0 Å². The van der Waals surface area contributed by atoms with Gasteiger partial charge in [-0.1, -0.05) is 29.5 Å². The number of fused-ring (bicyclic) bond motifs is 1. The van der Waals surface area contributed by atoms with Gasteiger partial charge in [0.15, 0.2) is 5.13 Å². The van der Waals surface area contributed by atoms with E-state index >= 15 is 0 Å². The fraction of sp³-hybridized carbons (Fsp3) is 0.200. The second-order valence-corrected chi connectivity index (χ2v) is 6.06. The van der Waals surface area contributed by atoms with Crippen LogP contribution >= 0.6 is 11.3 Å². The Labute approximate surface area is 133 Å². The lowest BCUT2D eigenvalue weighted by Crippen LogP contribution is -2.14. The van der Waals surface area contributed by atoms with E-state index in [2.05, 4.69) is 15.3 Å². The fourth-order valence-electron chi connectivity index (χ4n) is 2.35. The van der Waals surface area contributed by atoms with Crippen LogP contribution in [0, 0.1) is 6.92 Å². The second-order valence-electron chi connectivity index (χ2n) is 5.03. The molecule has 0 bridgehead atoms. The minimum absolute atomic E-state index is 0.0557. The highest BCUT2D eigenvalue weighted by atomic mass is 32.1. The van der Waals surface area contributed by atoms with Crippen LogP contribution < -0.4 is 5.32 Å². The Morgan fingerprint density at radius 1 is 1.35 bits per heavy atom. The number of benzene rings is 1. The number of para-hydroxylation sites is 1. The minimum atomic E-state index is -4.45. The number of thiazole rings is 1. The van der Waals surface area contributed by atoms with Crippen LogP contribution in [0.3, 0.4) is 0 Å². The topological polar surface area (TPSA) is 57.8 Å². The number of carbonyl (C=O) groups is 1. The van der Waals surface area contributed by atoms with E-state index in [9.17, 15) is 18.0 Å². The van der Waals surface area contributed by atoms with E-state index in [0.717, 1.165) is 28.4 Å². The van der Waals surface area contributed by atoms with Gasteiger partial charge in [0.1, 0.15) is 4.88 Å². The van der Waals surface area contributed by atoms with E-state index in [4.69, 9.17) is 0 Å². The molecule has 23 heavy (non-hydrogen) atoms. The maximum atomic E-state index is 12.5. The van der Waals surface area contributed by atoms with Crippen molar-refractivity contribution in [1.82, 2.24) is 9.97 Å². The molecule has 0 fully saturated rings. The highest BCUT2D eigenvalue weighted by molar-refractivity contribution is 7.15. The summed E-state index contributed by atoms with van der Waals surface area (Å²) in [6.07, 6.45) is -3.66. The Kier molecular flexibility index (Phi) is 3.85. The average molecular weight is 339 g/mol. The van der Waals surface area contributed by atoms with Gasteiger partial charge in [0.2, 0.25) is 5.91 Å². The smallest absolute Gasteiger partial charge is 0.358 e. The standard InChI is InChI=1S/C15H12F3N3OS/c1-8-10(9-4-2-3-5-11(9)20-8)6-13(22)21-14-19-7-12(23-14)15(16,17)18/h2-5,7,20H,6H2,1H3,(H,19,21,22). The number of alkyl halides is 3. The lowest BCUT2D eigenvalue weighted by atomic mass is 10.1. The molecule has 1 aromatic carbocycles. The maximum absolute atomic E-state index is 12.5. The quantitative estimate of drug-likeness (QED) is 0.754. The molecule has 120 valence electrons. The van der Waals surface area contributed by atoms with Crippen molar-refractivity contribution in [3.05, 3.63) is 46.6 Å². The number of H-pyrrole nitrogens is 1. The number of rotatable bonds is 3. The minimum Gasteiger partial charge on any atom is -0.358 e. The van der Waals surface area contributed by atoms with Crippen molar-refractivity contribution in [1.29, 1.82) is 0 Å². The van der Waals surface area contributed by atoms with Crippen LogP contribution in [-0.2, 0) is 17.4 Å². The zero-order valence-electron chi connectivity index (χ0n) is 12.0. The van der Waals surface area contributed by atoms with E-state index < -0.39 is 17.0 Å². The van der Waals surface area contributed by atoms with Gasteiger partial charge >= 0.3 is 6.18 Å². The predicted octanol–water partition coefficient (Wildman–Crippen LogP) is 4.13. The van der Waals surface area contributed by atoms with Gasteiger partial charge in [-0.25, -0.2) is 4.98 Å². The number of aryl methyl sites for hydroxylation is 1. The molecule has 0 aliphatic carbocycles. The molecular formula is C15H12F3N3OS. The molecule has 0 unspecified atom stereocenters. The Bertz CT molecular complexity index is 866. The molecule has 0 aliphatic rings. The zero-order valence-corrected chi connectivity index (χ0v) is 12.8. The van der Waals surface area contributed by atoms with Crippen molar-refractivity contribution in [3.63, 3.8) is 0 Å². The number of carbonyl (C=O) groups excluding carboxylic acids is 1. The Balaban J connectivity index is 1.76. The number of nitrogens with zero attached hydrogens (tertiary/aromatic N) is 1. The lowest BCUT2D eigenvalue weighted by molar-refractivity contribution is -0.134. The van der Waals surface area contributed by atoms with Crippen LogP contribution in [0.4, 0.5) is 18.3 Å². The molecule has 1 amide bonds. The highest BCUT2D eigenvalue weighted by Gasteiger charge is 2.33. The Morgan fingerprint density at radius 3 is 2.78 bits per heavy atom. The van der Waals surface area contributed by atoms with Crippen LogP contribution in [0.1, 0.15) is 16.1 Å². The number of nitrogens with one attached hydrogen (secondary N) is 2. The fourth-order valence-corrected chi connectivity index (χ4v) is 3.05. The Morgan fingerprint density at radius 2 is 2.09 bits per heavy atom. The third kappa shape index (κ3) is 3.21. The van der Waals surface area contributed by atoms with Crippen LogP contribution in [0.5, 0.6) is 0 Å². The van der Waals surface area contributed by atoms with E-state index in [1.54, 1.807) is 0 Å². The number of aromatic nitrogens is 2. The summed E-state index contributed by atoms with van der Waals surface area (Å²) in [4.78, 5) is 18.0. The van der Waals surface area contributed by atoms with Gasteiger partial charge in [-0.3, -0.25) is 4.79 Å². The van der Waals surface area contributed by atoms with Crippen molar-refractivity contribution >= 4 is 33.3 Å². The van der Waals surface area contributed by atoms with Crippen molar-refractivity contribution in [2.45, 2.75) is 19.5 Å². The first kappa shape index (κ1) is 15.5. The van der Waals surface area contributed by atoms with Gasteiger partial charge in [0.05, 0.1) is 12.6 Å². The number of hydrogen-bond donors (Lipinski definition) is 2. The first-order valence-corrected chi connectivity index (χ1v) is 7.55. The van der Waals surface area contributed by atoms with Gasteiger partial charge in [-0.15, -0.1) is 0 Å². The molecular weight excluding hydrogens is 327 g/mol. The largest absolute Gasteiger partial charge is 0.427 e. The number of amides is 1. The van der Waals surface area contributed by atoms with E-state index in [0.29, 0.717) is 11.3 Å². The summed E-state index contributed by atoms with van der Waals surface area (Å²) >= 11 is 0.413. The Hall–Kier alpha value is -2.35. The molecule has 0 spiro atoms. The summed E-state index contributed by atoms with van der Waals surface area (Å²) in [6, 6.07) is 7.55. The summed E-state index contributed by atoms with van der Waals surface area (Å²) < 4.78 is 37.6. The molecule has 0 saturated heterocycles. The van der Waals surface area contributed by atoms with Crippen LogP contribution in [-0.4, -0.2) is 15.9 Å². The molecule has 3 aromatic rings. The molecule has 2 aromatic heterocycles. The third-order valence-corrected chi connectivity index (χ3v) is 4.35. The SMILES string of the molecule is Cc1[nH]c2ccccc2c1CC(=O)Nc1ncc(C(F)(F)F)s1. The first-order chi connectivity index (χ1) is 10.8. The van der Waals surface area contributed by atoms with Crippen molar-refractivity contribution < 1.29 is 18.0 Å². The number of aromatic amines is 1. The van der Waals surface area contributed by atoms with Crippen LogP contribution in [0.15, 0.2) is 30.5 Å². The molecule has 0 radical (unpaired) electrons. The predicted molar refractivity (Wildman–Crippen MR) is 82.5 cm³/mol. The summed E-state index contributed by atoms with van der Waals surface area (Å²) in [5.41, 5.74) is 2.60. The average Bonchev–Trinajstić information content (AvgIpc) is 3.04. The van der Waals surface area contributed by atoms with Gasteiger partial charge in [-0.2, -0.15) is 13.2 Å². The zero-order chi connectivity index (χ0) is 16.6. The number of halogens is 3. The van der Waals surface area contributed by atoms with Gasteiger partial charge in [-0.05, 0) is 18.6 Å². The molecule has 0 aliphatic heterocycles. The summed E-state index contributed by atoms with van der Waals surface area (Å²) in [6.45, 7) is 1.85. The lowest BCUT2D eigenvalue weighted by Gasteiger charge is -2.03. The van der Waals surface area contributed by atoms with Gasteiger partial charge in [0.25, 0.3) is 0 Å². The molecule has 2 heterocycles. The number of hydrogen-bond acceptors (Lipinski definition) is 3. The third-order valence-electron chi connectivity index (χ3n) is 3.40. The van der Waals surface area contributed by atoms with Crippen molar-refractivity contribution in [2.24, 2.45) is 0 Å². The van der Waals surface area contributed by atoms with E-state index in [1.807, 2.05) is 31.2 Å². The van der Waals surface area contributed by atoms with Gasteiger partial charge in [0, 0.05) is 16.6 Å². The van der Waals surface area contributed by atoms with Crippen LogP contribution in [0.25, 0.3) is 10.9 Å². The molecule has 0 atom stereocenters. The molecule has 3 rings (SSSR count). The molecule has 0 saturated carbocycles. The van der Waals surface area contributed by atoms with Crippen molar-refractivity contribution in [3.8, 4) is 0 Å². The normalized spacial score (nSPS) is 11.8. The monoisotopic (exact) mass is 339 g/mol. The summed E-state index contributed by atoms with van der Waals surface area (Å²) in [7, 11) is 0. The summed E-state index contributed by atoms with van der Waals surface area (Å²) in [5.74, 6) is -0.402. The van der Waals surface area contributed by atoms with Gasteiger partial charge < -0.3 is 10.3 Å².